The van der Waals surface area contributed by atoms with Crippen molar-refractivity contribution in [3.8, 4) is 0 Å². The first-order valence-electron chi connectivity index (χ1n) is 5.97. The molecular formula is C13H19NOS. The van der Waals surface area contributed by atoms with Crippen molar-refractivity contribution in [1.82, 2.24) is 4.90 Å². The second kappa shape index (κ2) is 5.11. The molecule has 2 nitrogen and oxygen atoms in total. The average molecular weight is 237 g/mol. The van der Waals surface area contributed by atoms with Crippen LogP contribution >= 0.6 is 11.3 Å². The Morgan fingerprint density at radius 1 is 1.56 bits per heavy atom. The van der Waals surface area contributed by atoms with Crippen LogP contribution < -0.4 is 0 Å². The van der Waals surface area contributed by atoms with Gasteiger partial charge in [0, 0.05) is 6.04 Å². The molecule has 88 valence electrons. The first kappa shape index (κ1) is 11.8. The van der Waals surface area contributed by atoms with Gasteiger partial charge in [-0.05, 0) is 43.7 Å². The van der Waals surface area contributed by atoms with E-state index in [1.165, 1.54) is 12.8 Å². The van der Waals surface area contributed by atoms with Crippen LogP contribution in [-0.2, 0) is 0 Å². The van der Waals surface area contributed by atoms with Crippen LogP contribution in [0, 0.1) is 5.92 Å². The maximum Gasteiger partial charge on any atom is 0.186 e. The first-order chi connectivity index (χ1) is 7.66. The predicted molar refractivity (Wildman–Crippen MR) is 68.1 cm³/mol. The van der Waals surface area contributed by atoms with Gasteiger partial charge in [0.05, 0.1) is 11.4 Å². The van der Waals surface area contributed by atoms with Crippen LogP contribution in [0.5, 0.6) is 0 Å². The molecule has 0 radical (unpaired) electrons. The van der Waals surface area contributed by atoms with Gasteiger partial charge in [-0.3, -0.25) is 9.69 Å². The highest BCUT2D eigenvalue weighted by molar-refractivity contribution is 7.12. The first-order valence-corrected chi connectivity index (χ1v) is 6.85. The summed E-state index contributed by atoms with van der Waals surface area (Å²) < 4.78 is 0. The van der Waals surface area contributed by atoms with Crippen molar-refractivity contribution in [2.75, 3.05) is 13.1 Å². The molecule has 0 bridgehead atoms. The lowest BCUT2D eigenvalue weighted by Crippen LogP contribution is -2.42. The van der Waals surface area contributed by atoms with Crippen molar-refractivity contribution < 1.29 is 4.79 Å². The van der Waals surface area contributed by atoms with E-state index >= 15 is 0 Å². The predicted octanol–water partition coefficient (Wildman–Crippen LogP) is 3.05. The lowest BCUT2D eigenvalue weighted by molar-refractivity contribution is 0.0820. The second-order valence-electron chi connectivity index (χ2n) is 4.85. The van der Waals surface area contributed by atoms with Gasteiger partial charge in [0.15, 0.2) is 5.78 Å². The van der Waals surface area contributed by atoms with Gasteiger partial charge in [-0.1, -0.05) is 13.0 Å². The summed E-state index contributed by atoms with van der Waals surface area (Å²) in [7, 11) is 0. The van der Waals surface area contributed by atoms with E-state index in [-0.39, 0.29) is 5.78 Å². The topological polar surface area (TPSA) is 20.3 Å². The summed E-state index contributed by atoms with van der Waals surface area (Å²) >= 11 is 1.55. The van der Waals surface area contributed by atoms with Crippen molar-refractivity contribution in [3.05, 3.63) is 22.4 Å². The van der Waals surface area contributed by atoms with Gasteiger partial charge in [-0.15, -0.1) is 11.3 Å². The molecule has 16 heavy (non-hydrogen) atoms. The van der Waals surface area contributed by atoms with Crippen LogP contribution in [-0.4, -0.2) is 29.8 Å². The SMILES string of the molecule is CC1CCN(CC(=O)c2cccs2)C(C)C1. The number of thiophene rings is 1. The minimum atomic E-state index is 0.274. The number of hydrogen-bond acceptors (Lipinski definition) is 3. The van der Waals surface area contributed by atoms with Crippen LogP contribution in [0.1, 0.15) is 36.4 Å². The van der Waals surface area contributed by atoms with Crippen LogP contribution in [0.25, 0.3) is 0 Å². The molecule has 1 saturated heterocycles. The van der Waals surface area contributed by atoms with Gasteiger partial charge in [0.25, 0.3) is 0 Å². The minimum Gasteiger partial charge on any atom is -0.293 e. The Kier molecular flexibility index (Phi) is 3.77. The summed E-state index contributed by atoms with van der Waals surface area (Å²) in [4.78, 5) is 15.2. The van der Waals surface area contributed by atoms with Gasteiger partial charge in [0.1, 0.15) is 0 Å². The Morgan fingerprint density at radius 3 is 3.00 bits per heavy atom. The number of hydrogen-bond donors (Lipinski definition) is 0. The third kappa shape index (κ3) is 2.71. The Labute approximate surface area is 101 Å². The largest absolute Gasteiger partial charge is 0.293 e. The fourth-order valence-electron chi connectivity index (χ4n) is 2.39. The molecule has 0 aliphatic carbocycles. The number of likely N-dealkylation sites (tertiary alicyclic amines) is 1. The van der Waals surface area contributed by atoms with Crippen LogP contribution in [0.4, 0.5) is 0 Å². The lowest BCUT2D eigenvalue weighted by Gasteiger charge is -2.35. The highest BCUT2D eigenvalue weighted by Gasteiger charge is 2.24. The Morgan fingerprint density at radius 2 is 2.38 bits per heavy atom. The molecule has 0 saturated carbocycles. The zero-order valence-electron chi connectivity index (χ0n) is 9.98. The number of carbonyl (C=O) groups excluding carboxylic acids is 1. The zero-order valence-corrected chi connectivity index (χ0v) is 10.8. The summed E-state index contributed by atoms with van der Waals surface area (Å²) in [6.45, 7) is 6.19. The van der Waals surface area contributed by atoms with Crippen molar-refractivity contribution in [2.45, 2.75) is 32.7 Å². The molecule has 0 spiro atoms. The van der Waals surface area contributed by atoms with Gasteiger partial charge < -0.3 is 0 Å². The van der Waals surface area contributed by atoms with Crippen molar-refractivity contribution in [3.63, 3.8) is 0 Å². The molecule has 2 rings (SSSR count). The molecule has 2 unspecified atom stereocenters. The molecule has 1 aromatic rings. The maximum absolute atomic E-state index is 12.0. The fraction of sp³-hybridized carbons (Fsp3) is 0.615. The normalized spacial score (nSPS) is 26.9. The molecule has 1 aromatic heterocycles. The van der Waals surface area contributed by atoms with Crippen LogP contribution in [0.15, 0.2) is 17.5 Å². The van der Waals surface area contributed by atoms with E-state index in [0.29, 0.717) is 12.6 Å². The number of Topliss-reactive ketones (excluding diaryl/α,β-unsaturated/α-hetero) is 1. The van der Waals surface area contributed by atoms with E-state index in [2.05, 4.69) is 18.7 Å². The quantitative estimate of drug-likeness (QED) is 0.753. The number of ketones is 1. The Hall–Kier alpha value is -0.670. The van der Waals surface area contributed by atoms with Crippen molar-refractivity contribution >= 4 is 17.1 Å². The van der Waals surface area contributed by atoms with Gasteiger partial charge in [0.2, 0.25) is 0 Å². The van der Waals surface area contributed by atoms with E-state index in [0.717, 1.165) is 17.3 Å². The van der Waals surface area contributed by atoms with Gasteiger partial charge in [-0.2, -0.15) is 0 Å². The molecule has 0 amide bonds. The standard InChI is InChI=1S/C13H19NOS/c1-10-5-6-14(11(2)8-10)9-12(15)13-4-3-7-16-13/h3-4,7,10-11H,5-6,8-9H2,1-2H3. The fourth-order valence-corrected chi connectivity index (χ4v) is 3.05. The molecule has 2 atom stereocenters. The molecule has 0 N–H and O–H groups in total. The van der Waals surface area contributed by atoms with Crippen molar-refractivity contribution in [2.24, 2.45) is 5.92 Å². The molecule has 2 heterocycles. The summed E-state index contributed by atoms with van der Waals surface area (Å²) in [6.07, 6.45) is 2.44. The summed E-state index contributed by atoms with van der Waals surface area (Å²) in [5.74, 6) is 1.08. The van der Waals surface area contributed by atoms with E-state index in [4.69, 9.17) is 0 Å². The third-order valence-electron chi connectivity index (χ3n) is 3.42. The van der Waals surface area contributed by atoms with E-state index in [1.54, 1.807) is 11.3 Å². The highest BCUT2D eigenvalue weighted by atomic mass is 32.1. The number of rotatable bonds is 3. The van der Waals surface area contributed by atoms with E-state index < -0.39 is 0 Å². The van der Waals surface area contributed by atoms with Crippen LogP contribution in [0.2, 0.25) is 0 Å². The Balaban J connectivity index is 1.92. The smallest absolute Gasteiger partial charge is 0.186 e. The number of nitrogens with zero attached hydrogens (tertiary/aromatic N) is 1. The van der Waals surface area contributed by atoms with Gasteiger partial charge >= 0.3 is 0 Å². The van der Waals surface area contributed by atoms with Gasteiger partial charge in [-0.25, -0.2) is 0 Å². The van der Waals surface area contributed by atoms with Crippen LogP contribution in [0.3, 0.4) is 0 Å². The molecular weight excluding hydrogens is 218 g/mol. The zero-order chi connectivity index (χ0) is 11.5. The number of piperidine rings is 1. The van der Waals surface area contributed by atoms with Crippen molar-refractivity contribution in [1.29, 1.82) is 0 Å². The maximum atomic E-state index is 12.0. The summed E-state index contributed by atoms with van der Waals surface area (Å²) in [5.41, 5.74) is 0. The molecule has 3 heteroatoms. The van der Waals surface area contributed by atoms with E-state index in [9.17, 15) is 4.79 Å². The molecule has 1 fully saturated rings. The molecule has 1 aliphatic heterocycles. The Bertz CT molecular complexity index is 347. The average Bonchev–Trinajstić information content (AvgIpc) is 2.75. The summed E-state index contributed by atoms with van der Waals surface area (Å²) in [5, 5.41) is 1.97. The monoisotopic (exact) mass is 237 g/mol. The second-order valence-corrected chi connectivity index (χ2v) is 5.80. The third-order valence-corrected chi connectivity index (χ3v) is 4.33. The number of carbonyl (C=O) groups is 1. The summed E-state index contributed by atoms with van der Waals surface area (Å²) in [6, 6.07) is 4.41. The molecule has 0 aromatic carbocycles. The molecule has 1 aliphatic rings. The minimum absolute atomic E-state index is 0.274. The lowest BCUT2D eigenvalue weighted by atomic mass is 9.93. The van der Waals surface area contributed by atoms with E-state index in [1.807, 2.05) is 17.5 Å². The highest BCUT2D eigenvalue weighted by Crippen LogP contribution is 2.22.